The minimum Gasteiger partial charge on any atom is -0.508 e. The van der Waals surface area contributed by atoms with Crippen LogP contribution in [0.25, 0.3) is 11.1 Å². The lowest BCUT2D eigenvalue weighted by atomic mass is 9.92. The van der Waals surface area contributed by atoms with Crippen LogP contribution >= 0.6 is 0 Å². The van der Waals surface area contributed by atoms with Crippen molar-refractivity contribution in [3.63, 3.8) is 0 Å². The van der Waals surface area contributed by atoms with Gasteiger partial charge in [0.2, 0.25) is 0 Å². The normalized spacial score (nSPS) is 11.6. The molecule has 3 heteroatoms. The molecule has 0 bridgehead atoms. The molecule has 0 saturated carbocycles. The van der Waals surface area contributed by atoms with Gasteiger partial charge in [-0.1, -0.05) is 43.1 Å². The Labute approximate surface area is 169 Å². The van der Waals surface area contributed by atoms with E-state index in [9.17, 15) is 10.2 Å². The lowest BCUT2D eigenvalue weighted by Gasteiger charge is -2.16. The van der Waals surface area contributed by atoms with E-state index in [-0.39, 0.29) is 11.5 Å². The van der Waals surface area contributed by atoms with E-state index in [2.05, 4.69) is 44.8 Å². The molecule has 0 unspecified atom stereocenters. The number of aryl methyl sites for hydroxylation is 1. The molecule has 0 spiro atoms. The van der Waals surface area contributed by atoms with Gasteiger partial charge in [0.15, 0.2) is 0 Å². The Hall–Kier alpha value is -2.42. The van der Waals surface area contributed by atoms with Crippen molar-refractivity contribution in [1.82, 2.24) is 4.98 Å². The van der Waals surface area contributed by atoms with Crippen LogP contribution in [-0.2, 0) is 12.8 Å². The molecule has 0 saturated heterocycles. The highest BCUT2D eigenvalue weighted by Crippen LogP contribution is 2.41. The number of benzene rings is 1. The Balaban J connectivity index is 2.30. The topological polar surface area (TPSA) is 56.2 Å². The first kappa shape index (κ1) is 21.9. The zero-order valence-electron chi connectivity index (χ0n) is 17.8. The second-order valence-electron chi connectivity index (χ2n) is 7.89. The highest BCUT2D eigenvalue weighted by atomic mass is 16.3. The van der Waals surface area contributed by atoms with E-state index in [1.165, 1.54) is 11.1 Å². The van der Waals surface area contributed by atoms with Gasteiger partial charge in [0.25, 0.3) is 0 Å². The van der Waals surface area contributed by atoms with Crippen LogP contribution < -0.4 is 0 Å². The molecule has 0 radical (unpaired) electrons. The van der Waals surface area contributed by atoms with Crippen molar-refractivity contribution in [3.05, 3.63) is 59.0 Å². The van der Waals surface area contributed by atoms with Crippen LogP contribution in [-0.4, -0.2) is 15.2 Å². The quantitative estimate of drug-likeness (QED) is 0.305. The number of phenols is 2. The zero-order chi connectivity index (χ0) is 20.5. The van der Waals surface area contributed by atoms with Gasteiger partial charge in [-0.15, -0.1) is 0 Å². The van der Waals surface area contributed by atoms with Gasteiger partial charge in [0.1, 0.15) is 11.5 Å². The van der Waals surface area contributed by atoms with Crippen molar-refractivity contribution in [1.29, 1.82) is 0 Å². The molecule has 3 nitrogen and oxygen atoms in total. The van der Waals surface area contributed by atoms with Crippen LogP contribution in [0.5, 0.6) is 11.5 Å². The standard InChI is InChI=1S/C25H35NO2/c1-5-6-7-11-20-16-23(27)22(13-12-19(4)10-8-9-18(2)3)25(28)24(20)21-14-15-26-17-21/h9,12,14-17,26-28H,5-8,10-11,13H2,1-4H3/b19-12+. The Morgan fingerprint density at radius 2 is 1.89 bits per heavy atom. The molecule has 0 atom stereocenters. The molecule has 0 amide bonds. The Bertz CT molecular complexity index is 810. The second-order valence-corrected chi connectivity index (χ2v) is 7.89. The molecule has 1 aromatic heterocycles. The second kappa shape index (κ2) is 10.8. The number of hydrogen-bond donors (Lipinski definition) is 3. The summed E-state index contributed by atoms with van der Waals surface area (Å²) in [5.41, 5.74) is 6.03. The number of rotatable bonds is 10. The summed E-state index contributed by atoms with van der Waals surface area (Å²) in [5, 5.41) is 21.6. The smallest absolute Gasteiger partial charge is 0.130 e. The highest BCUT2D eigenvalue weighted by Gasteiger charge is 2.18. The third kappa shape index (κ3) is 6.05. The molecular weight excluding hydrogens is 346 g/mol. The molecule has 3 N–H and O–H groups in total. The molecule has 0 aliphatic heterocycles. The summed E-state index contributed by atoms with van der Waals surface area (Å²) in [5.74, 6) is 0.399. The molecule has 2 rings (SSSR count). The van der Waals surface area contributed by atoms with Gasteiger partial charge in [-0.05, 0) is 70.6 Å². The number of phenolic OH excluding ortho intramolecular Hbond substituents is 2. The number of aromatic nitrogens is 1. The van der Waals surface area contributed by atoms with Gasteiger partial charge in [-0.3, -0.25) is 0 Å². The summed E-state index contributed by atoms with van der Waals surface area (Å²) in [6, 6.07) is 3.82. The van der Waals surface area contributed by atoms with Crippen molar-refractivity contribution in [2.24, 2.45) is 0 Å². The minimum atomic E-state index is 0.191. The maximum Gasteiger partial charge on any atom is 0.130 e. The average Bonchev–Trinajstić information content (AvgIpc) is 3.15. The lowest BCUT2D eigenvalue weighted by Crippen LogP contribution is -1.96. The van der Waals surface area contributed by atoms with Gasteiger partial charge in [0, 0.05) is 29.1 Å². The van der Waals surface area contributed by atoms with Crippen LogP contribution in [0.15, 0.2) is 47.8 Å². The fraction of sp³-hybridized carbons (Fsp3) is 0.440. The summed E-state index contributed by atoms with van der Waals surface area (Å²) < 4.78 is 0. The third-order valence-corrected chi connectivity index (χ3v) is 5.15. The van der Waals surface area contributed by atoms with E-state index >= 15 is 0 Å². The Kier molecular flexibility index (Phi) is 8.43. The maximum absolute atomic E-state index is 11.0. The molecule has 0 aliphatic carbocycles. The minimum absolute atomic E-state index is 0.191. The molecule has 1 heterocycles. The van der Waals surface area contributed by atoms with Crippen molar-refractivity contribution in [3.8, 4) is 22.6 Å². The average molecular weight is 382 g/mol. The van der Waals surface area contributed by atoms with E-state index in [0.717, 1.165) is 55.2 Å². The summed E-state index contributed by atoms with van der Waals surface area (Å²) >= 11 is 0. The fourth-order valence-corrected chi connectivity index (χ4v) is 3.48. The van der Waals surface area contributed by atoms with Crippen molar-refractivity contribution >= 4 is 0 Å². The molecule has 0 aliphatic rings. The van der Waals surface area contributed by atoms with Crippen molar-refractivity contribution in [2.75, 3.05) is 0 Å². The van der Waals surface area contributed by atoms with Crippen LogP contribution in [0.4, 0.5) is 0 Å². The van der Waals surface area contributed by atoms with Gasteiger partial charge >= 0.3 is 0 Å². The van der Waals surface area contributed by atoms with E-state index in [4.69, 9.17) is 0 Å². The van der Waals surface area contributed by atoms with E-state index in [0.29, 0.717) is 12.0 Å². The number of hydrogen-bond acceptors (Lipinski definition) is 2. The number of nitrogens with one attached hydrogen (secondary N) is 1. The number of aromatic amines is 1. The summed E-state index contributed by atoms with van der Waals surface area (Å²) in [6.07, 6.45) is 14.9. The Morgan fingerprint density at radius 3 is 2.54 bits per heavy atom. The molecule has 2 aromatic rings. The van der Waals surface area contributed by atoms with Gasteiger partial charge in [-0.2, -0.15) is 0 Å². The first-order chi connectivity index (χ1) is 13.4. The molecule has 0 fully saturated rings. The van der Waals surface area contributed by atoms with Crippen LogP contribution in [0.3, 0.4) is 0 Å². The molecule has 28 heavy (non-hydrogen) atoms. The van der Waals surface area contributed by atoms with Gasteiger partial charge < -0.3 is 15.2 Å². The number of allylic oxidation sites excluding steroid dienone is 4. The fourth-order valence-electron chi connectivity index (χ4n) is 3.48. The number of aromatic hydroxyl groups is 2. The Morgan fingerprint density at radius 1 is 1.11 bits per heavy atom. The first-order valence-corrected chi connectivity index (χ1v) is 10.4. The van der Waals surface area contributed by atoms with E-state index < -0.39 is 0 Å². The maximum atomic E-state index is 11.0. The molecule has 152 valence electrons. The van der Waals surface area contributed by atoms with E-state index in [1.54, 1.807) is 0 Å². The summed E-state index contributed by atoms with van der Waals surface area (Å²) in [4.78, 5) is 3.08. The number of unbranched alkanes of at least 4 members (excludes halogenated alkanes) is 2. The highest BCUT2D eigenvalue weighted by molar-refractivity contribution is 5.77. The molecular formula is C25H35NO2. The van der Waals surface area contributed by atoms with Crippen molar-refractivity contribution in [2.45, 2.75) is 72.6 Å². The zero-order valence-corrected chi connectivity index (χ0v) is 17.8. The SMILES string of the molecule is CCCCCc1cc(O)c(C/C=C(\C)CCC=C(C)C)c(O)c1-c1cc[nH]c1. The van der Waals surface area contributed by atoms with Crippen LogP contribution in [0, 0.1) is 0 Å². The van der Waals surface area contributed by atoms with Gasteiger partial charge in [0.05, 0.1) is 0 Å². The summed E-state index contributed by atoms with van der Waals surface area (Å²) in [7, 11) is 0. The largest absolute Gasteiger partial charge is 0.508 e. The first-order valence-electron chi connectivity index (χ1n) is 10.4. The predicted molar refractivity (Wildman–Crippen MR) is 119 cm³/mol. The summed E-state index contributed by atoms with van der Waals surface area (Å²) in [6.45, 7) is 8.51. The predicted octanol–water partition coefficient (Wildman–Crippen LogP) is 7.06. The lowest BCUT2D eigenvalue weighted by molar-refractivity contribution is 0.440. The molecule has 1 aromatic carbocycles. The third-order valence-electron chi connectivity index (χ3n) is 5.15. The van der Waals surface area contributed by atoms with Crippen LogP contribution in [0.1, 0.15) is 70.9 Å². The van der Waals surface area contributed by atoms with E-state index in [1.807, 2.05) is 24.5 Å². The number of H-pyrrole nitrogens is 1. The van der Waals surface area contributed by atoms with Crippen LogP contribution in [0.2, 0.25) is 0 Å². The van der Waals surface area contributed by atoms with Crippen molar-refractivity contribution < 1.29 is 10.2 Å². The monoisotopic (exact) mass is 381 g/mol. The van der Waals surface area contributed by atoms with Gasteiger partial charge in [-0.25, -0.2) is 0 Å².